The third-order valence-corrected chi connectivity index (χ3v) is 0. The zero-order chi connectivity index (χ0) is 10.7. The second kappa shape index (κ2) is 29.6. The van der Waals surface area contributed by atoms with Crippen molar-refractivity contribution in [3.8, 4) is 0 Å². The van der Waals surface area contributed by atoms with Crippen LogP contribution in [0.15, 0.2) is 0 Å². The molecular formula is H10N3O11Rh+3. The van der Waals surface area contributed by atoms with Crippen LogP contribution in [0.5, 0.6) is 0 Å². The molecule has 0 aliphatic rings. The summed E-state index contributed by atoms with van der Waals surface area (Å²) in [6, 6.07) is 0. The van der Waals surface area contributed by atoms with E-state index in [2.05, 4.69) is 0 Å². The molecule has 15 heteroatoms. The van der Waals surface area contributed by atoms with Crippen LogP contribution in [0, 0.1) is 14.7 Å². The Morgan fingerprint density at radius 3 is 0.533 bits per heavy atom. The van der Waals surface area contributed by atoms with Crippen molar-refractivity contribution >= 4 is 0 Å². The van der Waals surface area contributed by atoms with E-state index in [1.54, 1.807) is 0 Å². The van der Waals surface area contributed by atoms with Crippen molar-refractivity contribution in [2.45, 2.75) is 0 Å². The molecule has 10 N–H and O–H groups in total. The predicted octanol–water partition coefficient (Wildman–Crippen LogP) is -3.02. The van der Waals surface area contributed by atoms with E-state index in [-0.39, 0.29) is 30.4 Å². The normalized spacial score (nSPS) is 4.80. The van der Waals surface area contributed by atoms with Gasteiger partial charge in [0.05, 0.1) is 0 Å². The molecule has 97 valence electrons. The molecule has 0 aliphatic carbocycles. The summed E-state index contributed by atoms with van der Waals surface area (Å²) >= 11 is 0. The maximum atomic E-state index is 8.47. The summed E-state index contributed by atoms with van der Waals surface area (Å²) in [5.41, 5.74) is 0. The minimum absolute atomic E-state index is 0. The van der Waals surface area contributed by atoms with Crippen molar-refractivity contribution in [3.05, 3.63) is 14.7 Å². The zero-order valence-electron chi connectivity index (χ0n) is 6.58. The Morgan fingerprint density at radius 1 is 0.533 bits per heavy atom. The Labute approximate surface area is 92.4 Å². The van der Waals surface area contributed by atoms with Crippen molar-refractivity contribution in [3.63, 3.8) is 0 Å². The molecule has 0 aromatic carbocycles. The summed E-state index contributed by atoms with van der Waals surface area (Å²) < 4.78 is 0. The fraction of sp³-hybridized carbons (Fsp3) is 0. The first-order chi connectivity index (χ1) is 5.20. The number of hydrogen-bond donors (Lipinski definition) is 6. The van der Waals surface area contributed by atoms with Gasteiger partial charge in [-0.15, -0.1) is 0 Å². The molecule has 0 fully saturated rings. The Bertz CT molecular complexity index is 113. The Morgan fingerprint density at radius 2 is 0.533 bits per heavy atom. The maximum Gasteiger partial charge on any atom is 0.472 e. The molecule has 0 aromatic heterocycles. The third-order valence-electron chi connectivity index (χ3n) is 0. The summed E-state index contributed by atoms with van der Waals surface area (Å²) in [5, 5.41) is 37.6. The molecule has 0 unspecified atom stereocenters. The van der Waals surface area contributed by atoms with Gasteiger partial charge >= 0.3 is 15.3 Å². The van der Waals surface area contributed by atoms with Crippen LogP contribution in [-0.4, -0.2) is 57.5 Å². The van der Waals surface area contributed by atoms with Gasteiger partial charge in [0, 0.05) is 19.5 Å². The minimum Gasteiger partial charge on any atom is -0.412 e. The summed E-state index contributed by atoms with van der Waals surface area (Å²) in [4.78, 5) is 25.4. The van der Waals surface area contributed by atoms with Crippen LogP contribution in [0.4, 0.5) is 0 Å². The number of nitrogens with zero attached hydrogens (tertiary/aromatic N) is 3. The largest absolute Gasteiger partial charge is 0.472 e. The van der Waals surface area contributed by atoms with Crippen LogP contribution < -0.4 is 0 Å². The van der Waals surface area contributed by atoms with E-state index in [0.717, 1.165) is 0 Å². The van der Waals surface area contributed by atoms with Crippen molar-refractivity contribution in [1.82, 2.24) is 0 Å². The van der Waals surface area contributed by atoms with E-state index in [1.165, 1.54) is 0 Å². The van der Waals surface area contributed by atoms with E-state index < -0.39 is 15.3 Å². The van der Waals surface area contributed by atoms with Crippen molar-refractivity contribution in [1.29, 1.82) is 0 Å². The van der Waals surface area contributed by atoms with E-state index in [4.69, 9.17) is 46.0 Å². The molecule has 0 saturated carbocycles. The van der Waals surface area contributed by atoms with Gasteiger partial charge in [-0.05, 0) is 0 Å². The van der Waals surface area contributed by atoms with Gasteiger partial charge in [-0.3, -0.25) is 0 Å². The van der Waals surface area contributed by atoms with Crippen molar-refractivity contribution in [2.24, 2.45) is 0 Å². The fourth-order valence-corrected chi connectivity index (χ4v) is 0. The van der Waals surface area contributed by atoms with E-state index >= 15 is 0 Å². The minimum atomic E-state index is -1.25. The van der Waals surface area contributed by atoms with Gasteiger partial charge in [0.25, 0.3) is 0 Å². The standard InChI is InChI=1S/3H2NO3.2H2O.Rh/c3*2-1(3)4;;;/h3*(H2,2,3,4);2*1H2;/q3*+1;;;. The van der Waals surface area contributed by atoms with Gasteiger partial charge in [0.1, 0.15) is 14.7 Å². The van der Waals surface area contributed by atoms with E-state index in [9.17, 15) is 0 Å². The molecule has 0 rings (SSSR count). The second-order valence-corrected chi connectivity index (χ2v) is 0.758. The second-order valence-electron chi connectivity index (χ2n) is 0.758. The summed E-state index contributed by atoms with van der Waals surface area (Å²) in [7, 11) is 0. The van der Waals surface area contributed by atoms with Gasteiger partial charge in [0.2, 0.25) is 0 Å². The molecule has 14 nitrogen and oxygen atoms in total. The van der Waals surface area contributed by atoms with E-state index in [0.29, 0.717) is 0 Å². The topological polar surface area (TPSA) is 245 Å². The van der Waals surface area contributed by atoms with Crippen LogP contribution in [-0.2, 0) is 19.5 Å². The molecule has 15 heavy (non-hydrogen) atoms. The molecule has 0 spiro atoms. The van der Waals surface area contributed by atoms with Crippen LogP contribution in [0.1, 0.15) is 0 Å². The first kappa shape index (κ1) is 38.0. The smallest absolute Gasteiger partial charge is 0.412 e. The van der Waals surface area contributed by atoms with Gasteiger partial charge in [0.15, 0.2) is 0 Å². The molecule has 0 saturated heterocycles. The average molecular weight is 331 g/mol. The number of hydrogen-bond acceptors (Lipinski definition) is 3. The average Bonchev–Trinajstić information content (AvgIpc) is 1.54. The quantitative estimate of drug-likeness (QED) is 0.195. The van der Waals surface area contributed by atoms with Gasteiger partial charge < -0.3 is 11.0 Å². The molecule has 0 aliphatic heterocycles. The van der Waals surface area contributed by atoms with Gasteiger partial charge in [-0.1, -0.05) is 0 Å². The van der Waals surface area contributed by atoms with Crippen LogP contribution >= 0.6 is 0 Å². The summed E-state index contributed by atoms with van der Waals surface area (Å²) in [6.45, 7) is 0. The molecule has 0 bridgehead atoms. The Kier molecular flexibility index (Phi) is 74.8. The van der Waals surface area contributed by atoms with Gasteiger partial charge in [-0.25, -0.2) is 31.2 Å². The number of rotatable bonds is 0. The van der Waals surface area contributed by atoms with Crippen LogP contribution in [0.2, 0.25) is 0 Å². The molecule has 0 amide bonds. The molecule has 0 heterocycles. The predicted molar refractivity (Wildman–Crippen MR) is 28.8 cm³/mol. The SMILES string of the molecule is O.O.O=[N+](O)O.O=[N+](O)O.O=[N+](O)O.[Rh]. The molecule has 0 aromatic rings. The first-order valence-electron chi connectivity index (χ1n) is 1.75. The first-order valence-corrected chi connectivity index (χ1v) is 1.75. The van der Waals surface area contributed by atoms with Crippen LogP contribution in [0.25, 0.3) is 0 Å². The van der Waals surface area contributed by atoms with Crippen LogP contribution in [0.3, 0.4) is 0 Å². The Balaban J connectivity index is -0.0000000184. The summed E-state index contributed by atoms with van der Waals surface area (Å²) in [5.74, 6) is 0. The van der Waals surface area contributed by atoms with Crippen molar-refractivity contribution < 1.29 is 76.9 Å². The summed E-state index contributed by atoms with van der Waals surface area (Å²) in [6.07, 6.45) is 0. The monoisotopic (exact) mass is 331 g/mol. The van der Waals surface area contributed by atoms with E-state index in [1.807, 2.05) is 0 Å². The molecule has 1 radical (unpaired) electrons. The fourth-order valence-electron chi connectivity index (χ4n) is 0. The third kappa shape index (κ3) is 362. The molecule has 0 atom stereocenters. The Hall–Kier alpha value is -1.86. The molecular weight excluding hydrogens is 321 g/mol. The maximum absolute atomic E-state index is 8.47. The zero-order valence-corrected chi connectivity index (χ0v) is 8.22. The van der Waals surface area contributed by atoms with Gasteiger partial charge in [-0.2, -0.15) is 0 Å². The van der Waals surface area contributed by atoms with Crippen molar-refractivity contribution in [2.75, 3.05) is 0 Å².